The molecule has 0 aromatic carbocycles. The van der Waals surface area contributed by atoms with Gasteiger partial charge in [-0.3, -0.25) is 4.99 Å². The van der Waals surface area contributed by atoms with Crippen LogP contribution >= 0.6 is 35.3 Å². The van der Waals surface area contributed by atoms with Crippen LogP contribution in [0.15, 0.2) is 4.99 Å². The Morgan fingerprint density at radius 1 is 1.23 bits per heavy atom. The lowest BCUT2D eigenvalue weighted by Gasteiger charge is -2.35. The summed E-state index contributed by atoms with van der Waals surface area (Å²) in [4.78, 5) is 26.3. The lowest BCUT2D eigenvalue weighted by atomic mass is 10.3. The van der Waals surface area contributed by atoms with Crippen molar-refractivity contribution in [3.05, 3.63) is 15.6 Å². The van der Waals surface area contributed by atoms with Crippen molar-refractivity contribution in [3.63, 3.8) is 0 Å². The van der Waals surface area contributed by atoms with Crippen molar-refractivity contribution in [3.8, 4) is 0 Å². The fraction of sp³-hybridized carbons (Fsp3) is 0.706. The van der Waals surface area contributed by atoms with Gasteiger partial charge in [-0.2, -0.15) is 0 Å². The molecule has 0 saturated carbocycles. The lowest BCUT2D eigenvalue weighted by molar-refractivity contribution is 0.0914. The number of rotatable bonds is 5. The number of nitrogens with one attached hydrogen (secondary N) is 1. The third-order valence-electron chi connectivity index (χ3n) is 4.04. The second-order valence-corrected chi connectivity index (χ2v) is 7.19. The first-order chi connectivity index (χ1) is 12.0. The molecule has 148 valence electrons. The quantitative estimate of drug-likeness (QED) is 0.387. The van der Waals surface area contributed by atoms with E-state index in [1.807, 2.05) is 13.8 Å². The third kappa shape index (κ3) is 6.57. The highest BCUT2D eigenvalue weighted by Crippen LogP contribution is 2.17. The number of hydrogen-bond donors (Lipinski definition) is 1. The molecule has 0 aliphatic carbocycles. The fourth-order valence-electron chi connectivity index (χ4n) is 2.81. The fourth-order valence-corrected chi connectivity index (χ4v) is 3.74. The van der Waals surface area contributed by atoms with E-state index >= 15 is 0 Å². The van der Waals surface area contributed by atoms with Gasteiger partial charge in [0.2, 0.25) is 0 Å². The largest absolute Gasteiger partial charge is 0.450 e. The predicted molar refractivity (Wildman–Crippen MR) is 117 cm³/mol. The van der Waals surface area contributed by atoms with Crippen molar-refractivity contribution < 1.29 is 9.53 Å². The predicted octanol–water partition coefficient (Wildman–Crippen LogP) is 2.66. The zero-order valence-corrected chi connectivity index (χ0v) is 19.2. The number of carbonyl (C=O) groups is 1. The number of carbonyl (C=O) groups excluding carboxylic acids is 1. The van der Waals surface area contributed by atoms with Crippen LogP contribution in [0.3, 0.4) is 0 Å². The molecule has 0 atom stereocenters. The Balaban J connectivity index is 0.00000338. The lowest BCUT2D eigenvalue weighted by Crippen LogP contribution is -2.54. The summed E-state index contributed by atoms with van der Waals surface area (Å²) in [5, 5.41) is 4.47. The minimum atomic E-state index is -0.222. The Morgan fingerprint density at radius 2 is 1.88 bits per heavy atom. The van der Waals surface area contributed by atoms with Gasteiger partial charge in [0.05, 0.1) is 17.3 Å². The second-order valence-electron chi connectivity index (χ2n) is 5.90. The van der Waals surface area contributed by atoms with Gasteiger partial charge in [0.1, 0.15) is 0 Å². The Labute approximate surface area is 177 Å². The van der Waals surface area contributed by atoms with E-state index < -0.39 is 0 Å². The van der Waals surface area contributed by atoms with Crippen molar-refractivity contribution in [1.29, 1.82) is 0 Å². The van der Waals surface area contributed by atoms with Crippen LogP contribution in [0.4, 0.5) is 4.79 Å². The summed E-state index contributed by atoms with van der Waals surface area (Å²) >= 11 is 1.75. The molecule has 1 N–H and O–H groups in total. The number of nitrogens with zero attached hydrogens (tertiary/aromatic N) is 4. The van der Waals surface area contributed by atoms with Crippen molar-refractivity contribution in [2.45, 2.75) is 34.1 Å². The average molecular weight is 495 g/mol. The molecule has 1 aromatic heterocycles. The summed E-state index contributed by atoms with van der Waals surface area (Å²) in [6.45, 7) is 12.8. The molecule has 0 spiro atoms. The van der Waals surface area contributed by atoms with E-state index in [9.17, 15) is 4.79 Å². The maximum atomic E-state index is 11.8. The van der Waals surface area contributed by atoms with Crippen LogP contribution in [0.5, 0.6) is 0 Å². The first kappa shape index (κ1) is 22.9. The van der Waals surface area contributed by atoms with Crippen molar-refractivity contribution >= 4 is 47.4 Å². The van der Waals surface area contributed by atoms with E-state index in [0.29, 0.717) is 19.7 Å². The molecule has 0 bridgehead atoms. The highest BCUT2D eigenvalue weighted by Gasteiger charge is 2.23. The Morgan fingerprint density at radius 3 is 2.42 bits per heavy atom. The van der Waals surface area contributed by atoms with E-state index in [1.165, 1.54) is 4.88 Å². The molecule has 1 aliphatic heterocycles. The number of ether oxygens (including phenoxy) is 1. The van der Waals surface area contributed by atoms with Gasteiger partial charge < -0.3 is 19.9 Å². The Bertz CT molecular complexity index is 600. The van der Waals surface area contributed by atoms with Crippen LogP contribution in [-0.2, 0) is 11.2 Å². The van der Waals surface area contributed by atoms with Gasteiger partial charge in [-0.25, -0.2) is 9.78 Å². The minimum absolute atomic E-state index is 0. The summed E-state index contributed by atoms with van der Waals surface area (Å²) in [7, 11) is 0. The summed E-state index contributed by atoms with van der Waals surface area (Å²) in [5.74, 6) is 0.921. The normalized spacial score (nSPS) is 14.8. The molecule has 2 heterocycles. The number of amides is 1. The highest BCUT2D eigenvalue weighted by atomic mass is 127. The minimum Gasteiger partial charge on any atom is -0.450 e. The van der Waals surface area contributed by atoms with Crippen molar-refractivity contribution in [1.82, 2.24) is 20.1 Å². The average Bonchev–Trinajstić information content (AvgIpc) is 2.92. The van der Waals surface area contributed by atoms with Gasteiger partial charge >= 0.3 is 6.09 Å². The van der Waals surface area contributed by atoms with Crippen LogP contribution < -0.4 is 5.32 Å². The molecule has 1 saturated heterocycles. The summed E-state index contributed by atoms with van der Waals surface area (Å²) in [5.41, 5.74) is 1.12. The molecule has 9 heteroatoms. The number of aryl methyl sites for hydroxylation is 2. The smallest absolute Gasteiger partial charge is 0.409 e. The molecule has 1 aliphatic rings. The topological polar surface area (TPSA) is 70.1 Å². The highest BCUT2D eigenvalue weighted by molar-refractivity contribution is 14.0. The maximum absolute atomic E-state index is 11.8. The van der Waals surface area contributed by atoms with E-state index in [4.69, 9.17) is 9.73 Å². The Kier molecular flexibility index (Phi) is 10.2. The molecule has 0 radical (unpaired) electrons. The molecule has 0 unspecified atom stereocenters. The van der Waals surface area contributed by atoms with Crippen LogP contribution in [0.1, 0.15) is 29.4 Å². The van der Waals surface area contributed by atoms with Crippen molar-refractivity contribution in [2.24, 2.45) is 4.99 Å². The molecule has 7 nitrogen and oxygen atoms in total. The molecule has 26 heavy (non-hydrogen) atoms. The maximum Gasteiger partial charge on any atom is 0.409 e. The molecule has 2 rings (SSSR count). The first-order valence-electron chi connectivity index (χ1n) is 8.93. The zero-order chi connectivity index (χ0) is 18.2. The molecule has 1 aromatic rings. The number of aromatic nitrogens is 1. The van der Waals surface area contributed by atoms with Gasteiger partial charge in [0.15, 0.2) is 5.96 Å². The molecular weight excluding hydrogens is 465 g/mol. The van der Waals surface area contributed by atoms with Crippen molar-refractivity contribution in [2.75, 3.05) is 45.9 Å². The SMILES string of the molecule is CCNC(=NCCc1sc(C)nc1C)N1CCN(C(=O)OCC)CC1.I. The van der Waals surface area contributed by atoms with Gasteiger partial charge in [-0.05, 0) is 27.7 Å². The van der Waals surface area contributed by atoms with Crippen LogP contribution in [0, 0.1) is 13.8 Å². The Hall–Kier alpha value is -1.10. The van der Waals surface area contributed by atoms with Crippen LogP contribution in [0.2, 0.25) is 0 Å². The van der Waals surface area contributed by atoms with Crippen LogP contribution in [-0.4, -0.2) is 72.7 Å². The number of piperazine rings is 1. The molecule has 1 amide bonds. The van der Waals surface area contributed by atoms with E-state index in [1.54, 1.807) is 16.2 Å². The molecule has 1 fully saturated rings. The summed E-state index contributed by atoms with van der Waals surface area (Å²) in [6, 6.07) is 0. The summed E-state index contributed by atoms with van der Waals surface area (Å²) in [6.07, 6.45) is 0.690. The van der Waals surface area contributed by atoms with Gasteiger partial charge in [-0.1, -0.05) is 0 Å². The first-order valence-corrected chi connectivity index (χ1v) is 9.74. The van der Waals surface area contributed by atoms with E-state index in [-0.39, 0.29) is 30.1 Å². The standard InChI is InChI=1S/C17H29N5O2S.HI/c1-5-18-16(19-8-7-15-13(3)20-14(4)25-15)21-9-11-22(12-10-21)17(23)24-6-2;/h5-12H2,1-4H3,(H,18,19);1H. The third-order valence-corrected chi connectivity index (χ3v) is 5.17. The van der Waals surface area contributed by atoms with E-state index in [2.05, 4.69) is 29.0 Å². The molecular formula is C17H30IN5O2S. The van der Waals surface area contributed by atoms with Gasteiger partial charge in [0, 0.05) is 50.6 Å². The second kappa shape index (κ2) is 11.6. The number of thiazole rings is 1. The van der Waals surface area contributed by atoms with E-state index in [0.717, 1.165) is 49.3 Å². The monoisotopic (exact) mass is 495 g/mol. The van der Waals surface area contributed by atoms with Gasteiger partial charge in [0.25, 0.3) is 0 Å². The number of hydrogen-bond acceptors (Lipinski definition) is 5. The van der Waals surface area contributed by atoms with Crippen LogP contribution in [0.25, 0.3) is 0 Å². The number of halogens is 1. The number of aliphatic imine (C=N–C) groups is 1. The summed E-state index contributed by atoms with van der Waals surface area (Å²) < 4.78 is 5.07. The van der Waals surface area contributed by atoms with Gasteiger partial charge in [-0.15, -0.1) is 35.3 Å². The number of guanidine groups is 1. The zero-order valence-electron chi connectivity index (χ0n) is 16.1.